The standard InChI is InChI=1S/C27H31N3O7S.Na/c31-24(32)18-38-15-7-14-28-25(33)21(30-26(34)23-16-20-10-4-5-12-22(20)37-23)11-6-13-29-27(35)36-17-19-8-2-1-3-9-19;/h1-5,8-10,12,16,21H,6-7,11,13-15,17-18H2,(H,28,33)(H,29,35)(H,30,34)(H,31,32);/q;+1/p-1/t21-;/m0./s1. The van der Waals surface area contributed by atoms with Crippen molar-refractivity contribution < 1.29 is 63.0 Å². The van der Waals surface area contributed by atoms with Crippen LogP contribution in [0.5, 0.6) is 0 Å². The normalized spacial score (nSPS) is 11.2. The molecule has 39 heavy (non-hydrogen) atoms. The molecule has 0 radical (unpaired) electrons. The number of ether oxygens (including phenoxy) is 1. The Kier molecular flexibility index (Phi) is 14.5. The number of carbonyl (C=O) groups excluding carboxylic acids is 4. The number of benzene rings is 2. The molecule has 202 valence electrons. The van der Waals surface area contributed by atoms with Crippen LogP contribution in [0.15, 0.2) is 65.1 Å². The van der Waals surface area contributed by atoms with Crippen molar-refractivity contribution in [1.29, 1.82) is 0 Å². The average Bonchev–Trinajstić information content (AvgIpc) is 3.36. The van der Waals surface area contributed by atoms with Gasteiger partial charge in [-0.05, 0) is 42.7 Å². The van der Waals surface area contributed by atoms with Gasteiger partial charge in [0.2, 0.25) is 5.91 Å². The molecule has 3 rings (SSSR count). The van der Waals surface area contributed by atoms with Crippen molar-refractivity contribution >= 4 is 46.6 Å². The van der Waals surface area contributed by atoms with E-state index in [0.717, 1.165) is 10.9 Å². The third kappa shape index (κ3) is 11.7. The predicted octanol–water partition coefficient (Wildman–Crippen LogP) is -0.769. The zero-order chi connectivity index (χ0) is 27.2. The van der Waals surface area contributed by atoms with Gasteiger partial charge < -0.3 is 35.0 Å². The van der Waals surface area contributed by atoms with Gasteiger partial charge in [-0.25, -0.2) is 4.79 Å². The van der Waals surface area contributed by atoms with Gasteiger partial charge in [-0.3, -0.25) is 9.59 Å². The van der Waals surface area contributed by atoms with Crippen LogP contribution in [0, 0.1) is 0 Å². The smallest absolute Gasteiger partial charge is 0.549 e. The summed E-state index contributed by atoms with van der Waals surface area (Å²) in [5.74, 6) is -1.52. The van der Waals surface area contributed by atoms with Gasteiger partial charge in [0.05, 0.1) is 5.97 Å². The van der Waals surface area contributed by atoms with E-state index in [1.807, 2.05) is 42.5 Å². The van der Waals surface area contributed by atoms with Crippen LogP contribution in [0.3, 0.4) is 0 Å². The number of fused-ring (bicyclic) bond motifs is 1. The van der Waals surface area contributed by atoms with Gasteiger partial charge in [-0.2, -0.15) is 11.8 Å². The van der Waals surface area contributed by atoms with Gasteiger partial charge in [0.15, 0.2) is 5.76 Å². The maximum Gasteiger partial charge on any atom is 1.00 e. The van der Waals surface area contributed by atoms with E-state index >= 15 is 0 Å². The molecule has 2 aromatic carbocycles. The van der Waals surface area contributed by atoms with Crippen LogP contribution >= 0.6 is 11.8 Å². The number of hydrogen-bond donors (Lipinski definition) is 3. The zero-order valence-corrected chi connectivity index (χ0v) is 24.6. The first-order chi connectivity index (χ1) is 18.4. The number of amides is 3. The van der Waals surface area contributed by atoms with Gasteiger partial charge >= 0.3 is 35.7 Å². The van der Waals surface area contributed by atoms with E-state index in [-0.39, 0.29) is 66.6 Å². The molecule has 0 unspecified atom stereocenters. The number of aliphatic carboxylic acids is 1. The minimum atomic E-state index is -1.13. The Morgan fingerprint density at radius 2 is 1.67 bits per heavy atom. The SMILES string of the molecule is O=C([O-])CSCCCNC(=O)[C@H](CCCNC(=O)OCc1ccccc1)NC(=O)c1cc2ccccc2o1.[Na+]. The summed E-state index contributed by atoms with van der Waals surface area (Å²) in [5, 5.41) is 19.4. The molecule has 0 fully saturated rings. The number of rotatable bonds is 15. The molecule has 0 aliphatic rings. The van der Waals surface area contributed by atoms with E-state index < -0.39 is 24.0 Å². The summed E-state index contributed by atoms with van der Waals surface area (Å²) >= 11 is 1.21. The molecule has 10 nitrogen and oxygen atoms in total. The van der Waals surface area contributed by atoms with Gasteiger partial charge in [0.1, 0.15) is 18.2 Å². The third-order valence-corrected chi connectivity index (χ3v) is 6.42. The molecule has 0 spiro atoms. The van der Waals surface area contributed by atoms with E-state index in [9.17, 15) is 24.3 Å². The van der Waals surface area contributed by atoms with Crippen LogP contribution in [0.4, 0.5) is 4.79 Å². The largest absolute Gasteiger partial charge is 1.00 e. The van der Waals surface area contributed by atoms with Gasteiger partial charge in [0, 0.05) is 24.2 Å². The monoisotopic (exact) mass is 563 g/mol. The van der Waals surface area contributed by atoms with Crippen LogP contribution in [-0.2, 0) is 20.9 Å². The predicted molar refractivity (Wildman–Crippen MR) is 141 cm³/mol. The maximum absolute atomic E-state index is 12.8. The van der Waals surface area contributed by atoms with Crippen molar-refractivity contribution in [2.45, 2.75) is 31.9 Å². The molecular weight excluding hydrogens is 533 g/mol. The third-order valence-electron chi connectivity index (χ3n) is 5.41. The quantitative estimate of drug-likeness (QED) is 0.161. The van der Waals surface area contributed by atoms with E-state index in [1.165, 1.54) is 11.8 Å². The number of furan rings is 1. The zero-order valence-electron chi connectivity index (χ0n) is 21.8. The number of thioether (sulfide) groups is 1. The molecule has 3 amide bonds. The summed E-state index contributed by atoms with van der Waals surface area (Å²) in [5.41, 5.74) is 1.43. The molecule has 0 aliphatic carbocycles. The fourth-order valence-corrected chi connectivity index (χ4v) is 4.19. The molecule has 1 heterocycles. The molecule has 12 heteroatoms. The number of carbonyl (C=O) groups is 4. The maximum atomic E-state index is 12.8. The van der Waals surface area contributed by atoms with Gasteiger partial charge in [0.25, 0.3) is 5.91 Å². The second kappa shape index (κ2) is 17.6. The Labute approximate surface area is 252 Å². The molecule has 3 aromatic rings. The summed E-state index contributed by atoms with van der Waals surface area (Å²) in [7, 11) is 0. The summed E-state index contributed by atoms with van der Waals surface area (Å²) in [4.78, 5) is 48.1. The number of hydrogen-bond acceptors (Lipinski definition) is 8. The van der Waals surface area contributed by atoms with E-state index in [4.69, 9.17) is 9.15 Å². The van der Waals surface area contributed by atoms with Crippen molar-refractivity contribution in [1.82, 2.24) is 16.0 Å². The Hall–Kier alpha value is -2.99. The Morgan fingerprint density at radius 1 is 0.949 bits per heavy atom. The minimum Gasteiger partial charge on any atom is -0.549 e. The molecule has 1 aromatic heterocycles. The summed E-state index contributed by atoms with van der Waals surface area (Å²) < 4.78 is 10.8. The summed E-state index contributed by atoms with van der Waals surface area (Å²) in [6, 6.07) is 17.2. The summed E-state index contributed by atoms with van der Waals surface area (Å²) in [6.45, 7) is 0.713. The Morgan fingerprint density at radius 3 is 2.41 bits per heavy atom. The second-order valence-electron chi connectivity index (χ2n) is 8.37. The summed E-state index contributed by atoms with van der Waals surface area (Å²) in [6.07, 6.45) is 0.648. The molecule has 0 saturated carbocycles. The first kappa shape index (κ1) is 32.2. The topological polar surface area (TPSA) is 150 Å². The second-order valence-corrected chi connectivity index (χ2v) is 9.48. The fourth-order valence-electron chi connectivity index (χ4n) is 3.53. The van der Waals surface area contributed by atoms with Crippen molar-refractivity contribution in [2.24, 2.45) is 0 Å². The van der Waals surface area contributed by atoms with E-state index in [1.54, 1.807) is 18.2 Å². The molecular formula is C27H30N3NaO7S. The Bertz CT molecular complexity index is 1190. The minimum absolute atomic E-state index is 0. The van der Waals surface area contributed by atoms with Crippen molar-refractivity contribution in [3.63, 3.8) is 0 Å². The fraction of sp³-hybridized carbons (Fsp3) is 0.333. The average molecular weight is 564 g/mol. The van der Waals surface area contributed by atoms with E-state index in [2.05, 4.69) is 16.0 Å². The molecule has 0 saturated heterocycles. The van der Waals surface area contributed by atoms with Crippen molar-refractivity contribution in [3.05, 3.63) is 72.0 Å². The first-order valence-corrected chi connectivity index (χ1v) is 13.4. The van der Waals surface area contributed by atoms with Crippen molar-refractivity contribution in [3.8, 4) is 0 Å². The number of nitrogens with one attached hydrogen (secondary N) is 3. The number of carboxylic acids is 1. The molecule has 0 aliphatic heterocycles. The van der Waals surface area contributed by atoms with Crippen LogP contribution in [0.2, 0.25) is 0 Å². The van der Waals surface area contributed by atoms with Crippen LogP contribution in [0.1, 0.15) is 35.4 Å². The molecule has 3 N–H and O–H groups in total. The first-order valence-electron chi connectivity index (χ1n) is 12.2. The van der Waals surface area contributed by atoms with Gasteiger partial charge in [-0.1, -0.05) is 48.5 Å². The number of para-hydroxylation sites is 1. The molecule has 1 atom stereocenters. The van der Waals surface area contributed by atoms with Crippen molar-refractivity contribution in [2.75, 3.05) is 24.6 Å². The van der Waals surface area contributed by atoms with Crippen LogP contribution < -0.4 is 50.6 Å². The molecule has 0 bridgehead atoms. The Balaban J connectivity index is 0.00000533. The number of carboxylic acid groups (broad SMARTS) is 1. The van der Waals surface area contributed by atoms with E-state index in [0.29, 0.717) is 30.7 Å². The van der Waals surface area contributed by atoms with Gasteiger partial charge in [-0.15, -0.1) is 0 Å². The van der Waals surface area contributed by atoms with Crippen LogP contribution in [0.25, 0.3) is 11.0 Å². The number of alkyl carbamates (subject to hydrolysis) is 1. The van der Waals surface area contributed by atoms with Crippen LogP contribution in [-0.4, -0.2) is 54.5 Å².